The zero-order chi connectivity index (χ0) is 10.3. The molecule has 0 aromatic heterocycles. The van der Waals surface area contributed by atoms with Gasteiger partial charge in [-0.05, 0) is 19.3 Å². The number of rotatable bonds is 7. The van der Waals surface area contributed by atoms with E-state index in [9.17, 15) is 8.42 Å². The highest BCUT2D eigenvalue weighted by Gasteiger charge is 2.18. The van der Waals surface area contributed by atoms with Crippen molar-refractivity contribution >= 4 is 10.1 Å². The number of aliphatic hydroxyl groups is 2. The fraction of sp³-hybridized carbons (Fsp3) is 1.00. The summed E-state index contributed by atoms with van der Waals surface area (Å²) in [5, 5.41) is 17.3. The van der Waals surface area contributed by atoms with Gasteiger partial charge < -0.3 is 10.2 Å². The van der Waals surface area contributed by atoms with Gasteiger partial charge in [-0.15, -0.1) is 0 Å². The van der Waals surface area contributed by atoms with Crippen LogP contribution in [0.3, 0.4) is 0 Å². The van der Waals surface area contributed by atoms with Crippen molar-refractivity contribution in [2.24, 2.45) is 0 Å². The Morgan fingerprint density at radius 1 is 1.08 bits per heavy atom. The van der Waals surface area contributed by atoms with E-state index in [4.69, 9.17) is 14.8 Å². The molecule has 0 heterocycles. The second kappa shape index (κ2) is 6.31. The molecule has 0 radical (unpaired) electrons. The molecule has 0 aromatic carbocycles. The first-order valence-electron chi connectivity index (χ1n) is 4.23. The van der Waals surface area contributed by atoms with Crippen LogP contribution in [0.4, 0.5) is 0 Å². The van der Waals surface area contributed by atoms with E-state index in [1.165, 1.54) is 0 Å². The van der Waals surface area contributed by atoms with Crippen LogP contribution < -0.4 is 0 Å². The highest BCUT2D eigenvalue weighted by Crippen LogP contribution is 2.08. The first-order chi connectivity index (χ1) is 5.98. The summed E-state index contributed by atoms with van der Waals surface area (Å²) in [5.74, 6) is 0. The van der Waals surface area contributed by atoms with Gasteiger partial charge >= 0.3 is 0 Å². The molecular formula is C7H16O5S. The van der Waals surface area contributed by atoms with Gasteiger partial charge in [0.1, 0.15) is 0 Å². The molecule has 0 bridgehead atoms. The van der Waals surface area contributed by atoms with Crippen LogP contribution in [0.15, 0.2) is 0 Å². The quantitative estimate of drug-likeness (QED) is 0.412. The molecule has 1 unspecified atom stereocenters. The lowest BCUT2D eigenvalue weighted by molar-refractivity contribution is 0.218. The second-order valence-corrected chi connectivity index (χ2v) is 4.47. The van der Waals surface area contributed by atoms with Crippen molar-refractivity contribution in [3.05, 3.63) is 0 Å². The van der Waals surface area contributed by atoms with Crippen LogP contribution in [0.25, 0.3) is 0 Å². The summed E-state index contributed by atoms with van der Waals surface area (Å²) in [6.07, 6.45) is 2.80. The van der Waals surface area contributed by atoms with Crippen molar-refractivity contribution < 1.29 is 23.2 Å². The van der Waals surface area contributed by atoms with Crippen molar-refractivity contribution in [2.75, 3.05) is 6.61 Å². The van der Waals surface area contributed by atoms with Crippen molar-refractivity contribution in [2.45, 2.75) is 37.5 Å². The summed E-state index contributed by atoms with van der Waals surface area (Å²) in [5.41, 5.74) is -1.67. The highest BCUT2D eigenvalue weighted by molar-refractivity contribution is 7.86. The summed E-state index contributed by atoms with van der Waals surface area (Å²) >= 11 is 0. The molecule has 13 heavy (non-hydrogen) atoms. The minimum atomic E-state index is -4.29. The molecule has 0 aliphatic rings. The minimum absolute atomic E-state index is 0.0459. The summed E-state index contributed by atoms with van der Waals surface area (Å²) in [7, 11) is -4.29. The zero-order valence-corrected chi connectivity index (χ0v) is 8.20. The highest BCUT2D eigenvalue weighted by atomic mass is 32.2. The van der Waals surface area contributed by atoms with Gasteiger partial charge in [-0.25, -0.2) is 0 Å². The van der Waals surface area contributed by atoms with Gasteiger partial charge in [-0.1, -0.05) is 12.8 Å². The zero-order valence-electron chi connectivity index (χ0n) is 7.39. The predicted molar refractivity (Wildman–Crippen MR) is 47.7 cm³/mol. The van der Waals surface area contributed by atoms with Crippen molar-refractivity contribution in [3.8, 4) is 0 Å². The van der Waals surface area contributed by atoms with Crippen molar-refractivity contribution in [1.29, 1.82) is 0 Å². The molecule has 0 saturated carbocycles. The normalized spacial score (nSPS) is 14.4. The van der Waals surface area contributed by atoms with Gasteiger partial charge in [0.05, 0.1) is 0 Å². The van der Waals surface area contributed by atoms with Crippen LogP contribution in [-0.4, -0.2) is 35.2 Å². The Kier molecular flexibility index (Phi) is 6.23. The predicted octanol–water partition coefficient (Wildman–Crippen LogP) is 0.135. The molecule has 0 amide bonds. The van der Waals surface area contributed by atoms with E-state index in [0.717, 1.165) is 12.8 Å². The third kappa shape index (κ3) is 6.94. The molecular weight excluding hydrogens is 196 g/mol. The lowest BCUT2D eigenvalue weighted by atomic mass is 10.1. The first kappa shape index (κ1) is 12.8. The van der Waals surface area contributed by atoms with Crippen molar-refractivity contribution in [1.82, 2.24) is 0 Å². The molecule has 1 atom stereocenters. The fourth-order valence-corrected chi connectivity index (χ4v) is 1.40. The van der Waals surface area contributed by atoms with Crippen LogP contribution in [0.2, 0.25) is 0 Å². The Bertz CT molecular complexity index is 211. The number of hydrogen-bond acceptors (Lipinski definition) is 4. The molecule has 6 heteroatoms. The Hall–Kier alpha value is -0.170. The van der Waals surface area contributed by atoms with E-state index in [1.807, 2.05) is 0 Å². The molecule has 0 spiro atoms. The molecule has 0 rings (SSSR count). The van der Waals surface area contributed by atoms with Gasteiger partial charge in [0.25, 0.3) is 10.1 Å². The SMILES string of the molecule is O=S(=O)(O)C(O)CCCCCCO. The molecule has 3 N–H and O–H groups in total. The first-order valence-corrected chi connectivity index (χ1v) is 5.74. The lowest BCUT2D eigenvalue weighted by Crippen LogP contribution is -2.19. The second-order valence-electron chi connectivity index (χ2n) is 2.90. The average molecular weight is 212 g/mol. The van der Waals surface area contributed by atoms with Crippen LogP contribution in [0.1, 0.15) is 32.1 Å². The maximum atomic E-state index is 10.3. The topological polar surface area (TPSA) is 94.8 Å². The van der Waals surface area contributed by atoms with Crippen LogP contribution in [-0.2, 0) is 10.1 Å². The van der Waals surface area contributed by atoms with E-state index >= 15 is 0 Å². The molecule has 5 nitrogen and oxygen atoms in total. The van der Waals surface area contributed by atoms with E-state index < -0.39 is 15.6 Å². The largest absolute Gasteiger partial charge is 0.396 e. The molecule has 80 valence electrons. The Morgan fingerprint density at radius 3 is 2.08 bits per heavy atom. The van der Waals surface area contributed by atoms with Crippen LogP contribution in [0.5, 0.6) is 0 Å². The molecule has 0 fully saturated rings. The standard InChI is InChI=1S/C7H16O5S/c8-6-4-2-1-3-5-7(9)13(10,11)12/h7-9H,1-6H2,(H,10,11,12). The summed E-state index contributed by atoms with van der Waals surface area (Å²) in [6, 6.07) is 0. The fourth-order valence-electron chi connectivity index (χ4n) is 0.933. The summed E-state index contributed by atoms with van der Waals surface area (Å²) in [4.78, 5) is 0. The van der Waals surface area contributed by atoms with E-state index in [-0.39, 0.29) is 13.0 Å². The van der Waals surface area contributed by atoms with E-state index in [1.54, 1.807) is 0 Å². The Morgan fingerprint density at radius 2 is 1.62 bits per heavy atom. The van der Waals surface area contributed by atoms with Crippen molar-refractivity contribution in [3.63, 3.8) is 0 Å². The third-order valence-electron chi connectivity index (χ3n) is 1.70. The maximum Gasteiger partial charge on any atom is 0.291 e. The minimum Gasteiger partial charge on any atom is -0.396 e. The third-order valence-corrected chi connectivity index (χ3v) is 2.63. The Labute approximate surface area is 78.1 Å². The van der Waals surface area contributed by atoms with Gasteiger partial charge in [0.15, 0.2) is 5.44 Å². The molecule has 0 aliphatic heterocycles. The van der Waals surface area contributed by atoms with E-state index in [0.29, 0.717) is 12.8 Å². The monoisotopic (exact) mass is 212 g/mol. The average Bonchev–Trinajstić information content (AvgIpc) is 2.02. The smallest absolute Gasteiger partial charge is 0.291 e. The lowest BCUT2D eigenvalue weighted by Gasteiger charge is -2.05. The van der Waals surface area contributed by atoms with Crippen LogP contribution >= 0.6 is 0 Å². The van der Waals surface area contributed by atoms with E-state index in [2.05, 4.69) is 0 Å². The number of aliphatic hydroxyl groups excluding tert-OH is 2. The molecule has 0 aliphatic carbocycles. The summed E-state index contributed by atoms with van der Waals surface area (Å²) < 4.78 is 29.0. The van der Waals surface area contributed by atoms with Gasteiger partial charge in [0, 0.05) is 6.61 Å². The summed E-state index contributed by atoms with van der Waals surface area (Å²) in [6.45, 7) is 0.126. The molecule has 0 saturated heterocycles. The van der Waals surface area contributed by atoms with Crippen LogP contribution in [0, 0.1) is 0 Å². The number of unbranched alkanes of at least 4 members (excludes halogenated alkanes) is 3. The maximum absolute atomic E-state index is 10.3. The molecule has 0 aromatic rings. The van der Waals surface area contributed by atoms with Gasteiger partial charge in [-0.3, -0.25) is 4.55 Å². The van der Waals surface area contributed by atoms with Gasteiger partial charge in [0.2, 0.25) is 0 Å². The number of hydrogen-bond donors (Lipinski definition) is 3. The Balaban J connectivity index is 3.44. The van der Waals surface area contributed by atoms with Gasteiger partial charge in [-0.2, -0.15) is 8.42 Å².